The minimum absolute atomic E-state index is 0.0192. The van der Waals surface area contributed by atoms with Crippen LogP contribution in [0, 0.1) is 11.6 Å². The van der Waals surface area contributed by atoms with Crippen molar-refractivity contribution in [2.24, 2.45) is 0 Å². The van der Waals surface area contributed by atoms with Gasteiger partial charge >= 0.3 is 0 Å². The van der Waals surface area contributed by atoms with E-state index in [1.165, 1.54) is 12.1 Å². The van der Waals surface area contributed by atoms with Crippen molar-refractivity contribution in [3.63, 3.8) is 0 Å². The second-order valence-electron chi connectivity index (χ2n) is 5.65. The van der Waals surface area contributed by atoms with E-state index in [2.05, 4.69) is 4.90 Å². The fourth-order valence-electron chi connectivity index (χ4n) is 3.05. The number of nitrogens with zero attached hydrogens (tertiary/aromatic N) is 1. The first-order valence-electron chi connectivity index (χ1n) is 7.60. The maximum atomic E-state index is 13.6. The molecule has 118 valence electrons. The van der Waals surface area contributed by atoms with E-state index < -0.39 is 17.7 Å². The maximum absolute atomic E-state index is 13.6. The summed E-state index contributed by atoms with van der Waals surface area (Å²) in [4.78, 5) is 2.24. The van der Waals surface area contributed by atoms with Crippen molar-refractivity contribution in [1.82, 2.24) is 4.90 Å². The number of hydrogen-bond acceptors (Lipinski definition) is 3. The topological polar surface area (TPSA) is 43.7 Å². The molecule has 1 heterocycles. The van der Waals surface area contributed by atoms with Gasteiger partial charge in [0, 0.05) is 24.8 Å². The van der Waals surface area contributed by atoms with Crippen LogP contribution >= 0.6 is 0 Å². The number of piperidine rings is 1. The Balaban J connectivity index is 1.93. The second kappa shape index (κ2) is 7.82. The van der Waals surface area contributed by atoms with Gasteiger partial charge in [0.15, 0.2) is 11.6 Å². The van der Waals surface area contributed by atoms with Crippen LogP contribution in [0.5, 0.6) is 0 Å². The van der Waals surface area contributed by atoms with Crippen molar-refractivity contribution >= 4 is 0 Å². The molecule has 1 aliphatic heterocycles. The van der Waals surface area contributed by atoms with Crippen LogP contribution in [0.2, 0.25) is 0 Å². The number of aliphatic hydroxyl groups is 2. The Morgan fingerprint density at radius 1 is 1.29 bits per heavy atom. The van der Waals surface area contributed by atoms with Crippen LogP contribution in [0.1, 0.15) is 43.8 Å². The fourth-order valence-corrected chi connectivity index (χ4v) is 3.05. The van der Waals surface area contributed by atoms with Crippen LogP contribution in [-0.4, -0.2) is 40.9 Å². The van der Waals surface area contributed by atoms with Crippen LogP contribution in [0.25, 0.3) is 0 Å². The first-order chi connectivity index (χ1) is 10.1. The molecule has 0 bridgehead atoms. The smallest absolute Gasteiger partial charge is 0.164 e. The molecule has 21 heavy (non-hydrogen) atoms. The van der Waals surface area contributed by atoms with Gasteiger partial charge in [-0.15, -0.1) is 0 Å². The number of benzene rings is 1. The van der Waals surface area contributed by atoms with Crippen LogP contribution in [0.4, 0.5) is 8.78 Å². The summed E-state index contributed by atoms with van der Waals surface area (Å²) in [5, 5.41) is 19.2. The molecule has 0 saturated carbocycles. The Kier molecular flexibility index (Phi) is 6.08. The average molecular weight is 299 g/mol. The van der Waals surface area contributed by atoms with Gasteiger partial charge in [-0.25, -0.2) is 8.78 Å². The highest BCUT2D eigenvalue weighted by Gasteiger charge is 2.23. The highest BCUT2D eigenvalue weighted by molar-refractivity contribution is 5.21. The van der Waals surface area contributed by atoms with E-state index >= 15 is 0 Å². The van der Waals surface area contributed by atoms with Crippen molar-refractivity contribution in [2.75, 3.05) is 19.7 Å². The summed E-state index contributed by atoms with van der Waals surface area (Å²) >= 11 is 0. The zero-order valence-corrected chi connectivity index (χ0v) is 12.1. The first-order valence-corrected chi connectivity index (χ1v) is 7.60. The molecule has 2 unspecified atom stereocenters. The molecule has 0 aliphatic carbocycles. The van der Waals surface area contributed by atoms with Gasteiger partial charge in [0.05, 0.1) is 6.10 Å². The molecule has 0 aromatic heterocycles. The molecule has 0 radical (unpaired) electrons. The van der Waals surface area contributed by atoms with Crippen molar-refractivity contribution < 1.29 is 19.0 Å². The lowest BCUT2D eigenvalue weighted by Gasteiger charge is -2.36. The molecule has 2 N–H and O–H groups in total. The van der Waals surface area contributed by atoms with Gasteiger partial charge in [0.2, 0.25) is 0 Å². The Hall–Kier alpha value is -1.04. The van der Waals surface area contributed by atoms with Crippen molar-refractivity contribution in [3.8, 4) is 0 Å². The highest BCUT2D eigenvalue weighted by Crippen LogP contribution is 2.25. The van der Waals surface area contributed by atoms with E-state index in [9.17, 15) is 13.9 Å². The van der Waals surface area contributed by atoms with Crippen LogP contribution < -0.4 is 0 Å². The van der Waals surface area contributed by atoms with Gasteiger partial charge in [0.25, 0.3) is 0 Å². The Morgan fingerprint density at radius 3 is 2.86 bits per heavy atom. The number of aliphatic hydroxyl groups excluding tert-OH is 2. The molecule has 2 rings (SSSR count). The molecule has 0 spiro atoms. The molecule has 1 aromatic carbocycles. The Bertz CT molecular complexity index is 454. The lowest BCUT2D eigenvalue weighted by Crippen LogP contribution is -2.41. The number of rotatable bonds is 6. The summed E-state index contributed by atoms with van der Waals surface area (Å²) in [6, 6.07) is 4.21. The molecule has 1 fully saturated rings. The van der Waals surface area contributed by atoms with E-state index in [-0.39, 0.29) is 12.2 Å². The summed E-state index contributed by atoms with van der Waals surface area (Å²) in [7, 11) is 0. The number of likely N-dealkylation sites (tertiary alicyclic amines) is 1. The van der Waals surface area contributed by atoms with E-state index in [1.807, 2.05) is 0 Å². The van der Waals surface area contributed by atoms with Crippen molar-refractivity contribution in [1.29, 1.82) is 0 Å². The summed E-state index contributed by atoms with van der Waals surface area (Å²) in [6.45, 7) is 1.72. The molecule has 1 aromatic rings. The minimum atomic E-state index is -1.00. The molecular formula is C16H23F2NO2. The Morgan fingerprint density at radius 2 is 2.10 bits per heavy atom. The summed E-state index contributed by atoms with van der Waals surface area (Å²) in [6.07, 6.45) is 3.39. The van der Waals surface area contributed by atoms with E-state index in [4.69, 9.17) is 5.11 Å². The lowest BCUT2D eigenvalue weighted by atomic mass is 9.98. The third-order valence-corrected chi connectivity index (χ3v) is 4.24. The van der Waals surface area contributed by atoms with Gasteiger partial charge in [-0.1, -0.05) is 18.6 Å². The molecule has 0 amide bonds. The van der Waals surface area contributed by atoms with Crippen molar-refractivity contribution in [3.05, 3.63) is 35.4 Å². The van der Waals surface area contributed by atoms with E-state index in [1.54, 1.807) is 0 Å². The third-order valence-electron chi connectivity index (χ3n) is 4.24. The van der Waals surface area contributed by atoms with Crippen LogP contribution in [-0.2, 0) is 0 Å². The number of hydrogen-bond donors (Lipinski definition) is 2. The molecular weight excluding hydrogens is 276 g/mol. The predicted molar refractivity (Wildman–Crippen MR) is 76.8 cm³/mol. The Labute approximate surface area is 124 Å². The van der Waals surface area contributed by atoms with Gasteiger partial charge < -0.3 is 15.1 Å². The average Bonchev–Trinajstić information content (AvgIpc) is 2.49. The quantitative estimate of drug-likeness (QED) is 0.848. The molecule has 2 atom stereocenters. The molecule has 5 heteroatoms. The number of halogens is 2. The first kappa shape index (κ1) is 16.3. The third kappa shape index (κ3) is 4.22. The van der Waals surface area contributed by atoms with Gasteiger partial charge in [-0.2, -0.15) is 0 Å². The van der Waals surface area contributed by atoms with Crippen molar-refractivity contribution in [2.45, 2.75) is 44.2 Å². The van der Waals surface area contributed by atoms with Gasteiger partial charge in [-0.3, -0.25) is 0 Å². The molecule has 3 nitrogen and oxygen atoms in total. The lowest BCUT2D eigenvalue weighted by molar-refractivity contribution is 0.0877. The van der Waals surface area contributed by atoms with Crippen LogP contribution in [0.3, 0.4) is 0 Å². The second-order valence-corrected chi connectivity index (χ2v) is 5.65. The largest absolute Gasteiger partial charge is 0.396 e. The zero-order valence-electron chi connectivity index (χ0n) is 12.1. The van der Waals surface area contributed by atoms with Gasteiger partial charge in [-0.05, 0) is 38.3 Å². The highest BCUT2D eigenvalue weighted by atomic mass is 19.2. The van der Waals surface area contributed by atoms with E-state index in [0.29, 0.717) is 19.0 Å². The summed E-state index contributed by atoms with van der Waals surface area (Å²) in [5.41, 5.74) is 0.0192. The predicted octanol–water partition coefficient (Wildman–Crippen LogP) is 2.63. The maximum Gasteiger partial charge on any atom is 0.164 e. The normalized spacial score (nSPS) is 21.4. The fraction of sp³-hybridized carbons (Fsp3) is 0.625. The SMILES string of the molecule is OCCC1CCCCN1CCC(O)c1cccc(F)c1F. The summed E-state index contributed by atoms with van der Waals surface area (Å²) in [5.74, 6) is -1.89. The van der Waals surface area contributed by atoms with Crippen LogP contribution in [0.15, 0.2) is 18.2 Å². The minimum Gasteiger partial charge on any atom is -0.396 e. The standard InChI is InChI=1S/C16H23F2NO2/c17-14-6-3-5-13(16(14)18)15(21)7-10-19-9-2-1-4-12(19)8-11-20/h3,5-6,12,15,20-21H,1-2,4,7-11H2. The summed E-state index contributed by atoms with van der Waals surface area (Å²) < 4.78 is 26.8. The molecule has 1 aliphatic rings. The van der Waals surface area contributed by atoms with Gasteiger partial charge in [0.1, 0.15) is 0 Å². The zero-order chi connectivity index (χ0) is 15.2. The van der Waals surface area contributed by atoms with E-state index in [0.717, 1.165) is 38.3 Å². The molecule has 1 saturated heterocycles. The monoisotopic (exact) mass is 299 g/mol.